The SMILES string of the molecule is COc1cccc2cc(-c3cc(Cl)c([C@]45CCCOC4SN(C)C(=N)N5)s3)[nH]c12. The number of methoxy groups -OCH3 is 1. The number of ether oxygens (including phenoxy) is 2. The second-order valence-corrected chi connectivity index (χ2v) is 9.90. The molecule has 2 aromatic heterocycles. The Balaban J connectivity index is 1.59. The van der Waals surface area contributed by atoms with Gasteiger partial charge in [-0.3, -0.25) is 9.71 Å². The number of H-pyrrole nitrogens is 1. The number of nitrogens with one attached hydrogen (secondary N) is 3. The number of para-hydroxylation sites is 1. The highest BCUT2D eigenvalue weighted by Crippen LogP contribution is 2.50. The van der Waals surface area contributed by atoms with Crippen molar-refractivity contribution in [2.45, 2.75) is 23.8 Å². The molecular weight excluding hydrogens is 428 g/mol. The zero-order chi connectivity index (χ0) is 20.2. The van der Waals surface area contributed by atoms with Crippen LogP contribution in [0, 0.1) is 5.41 Å². The van der Waals surface area contributed by atoms with E-state index in [0.29, 0.717) is 11.0 Å². The molecule has 2 saturated heterocycles. The number of nitrogens with zero attached hydrogens (tertiary/aromatic N) is 1. The number of benzene rings is 1. The first-order valence-corrected chi connectivity index (χ1v) is 11.4. The monoisotopic (exact) mass is 448 g/mol. The molecule has 3 N–H and O–H groups in total. The van der Waals surface area contributed by atoms with Crippen LogP contribution < -0.4 is 10.1 Å². The van der Waals surface area contributed by atoms with Crippen molar-refractivity contribution in [2.24, 2.45) is 0 Å². The van der Waals surface area contributed by atoms with Gasteiger partial charge in [0.15, 0.2) is 5.44 Å². The molecule has 2 fully saturated rings. The van der Waals surface area contributed by atoms with E-state index in [2.05, 4.69) is 22.4 Å². The van der Waals surface area contributed by atoms with Crippen LogP contribution in [0.25, 0.3) is 21.5 Å². The fourth-order valence-corrected chi connectivity index (χ4v) is 6.86. The lowest BCUT2D eigenvalue weighted by atomic mass is 9.90. The molecule has 0 saturated carbocycles. The predicted octanol–water partition coefficient (Wildman–Crippen LogP) is 5.01. The van der Waals surface area contributed by atoms with Gasteiger partial charge in [0.25, 0.3) is 0 Å². The summed E-state index contributed by atoms with van der Waals surface area (Å²) in [5, 5.41) is 13.5. The molecule has 0 amide bonds. The number of hydrogen-bond donors (Lipinski definition) is 3. The zero-order valence-corrected chi connectivity index (χ0v) is 18.4. The van der Waals surface area contributed by atoms with Crippen LogP contribution in [0.1, 0.15) is 17.7 Å². The second-order valence-electron chi connectivity index (χ2n) is 7.25. The Kier molecular flexibility index (Phi) is 4.70. The largest absolute Gasteiger partial charge is 0.495 e. The third-order valence-corrected chi connectivity index (χ3v) is 8.48. The fraction of sp³-hybridized carbons (Fsp3) is 0.350. The molecule has 5 rings (SSSR count). The molecule has 0 radical (unpaired) electrons. The van der Waals surface area contributed by atoms with Crippen molar-refractivity contribution in [3.8, 4) is 16.3 Å². The van der Waals surface area contributed by atoms with Crippen molar-refractivity contribution in [2.75, 3.05) is 20.8 Å². The quantitative estimate of drug-likeness (QED) is 0.491. The highest BCUT2D eigenvalue weighted by Gasteiger charge is 2.51. The minimum atomic E-state index is -0.490. The summed E-state index contributed by atoms with van der Waals surface area (Å²) in [4.78, 5) is 5.56. The van der Waals surface area contributed by atoms with Gasteiger partial charge in [-0.2, -0.15) is 0 Å². The number of fused-ring (bicyclic) bond motifs is 2. The van der Waals surface area contributed by atoms with Crippen molar-refractivity contribution >= 4 is 51.7 Å². The highest BCUT2D eigenvalue weighted by atomic mass is 35.5. The molecule has 2 atom stereocenters. The Morgan fingerprint density at radius 2 is 2.24 bits per heavy atom. The molecule has 0 spiro atoms. The average Bonchev–Trinajstić information content (AvgIpc) is 3.32. The summed E-state index contributed by atoms with van der Waals surface area (Å²) >= 11 is 9.96. The maximum absolute atomic E-state index is 8.33. The topological polar surface area (TPSA) is 73.4 Å². The lowest BCUT2D eigenvalue weighted by Crippen LogP contribution is -2.62. The van der Waals surface area contributed by atoms with Crippen LogP contribution in [0.3, 0.4) is 0 Å². The van der Waals surface area contributed by atoms with Crippen LogP contribution in [0.2, 0.25) is 5.02 Å². The number of rotatable bonds is 3. The molecule has 9 heteroatoms. The van der Waals surface area contributed by atoms with Crippen molar-refractivity contribution in [3.63, 3.8) is 0 Å². The third-order valence-electron chi connectivity index (χ3n) is 5.49. The van der Waals surface area contributed by atoms with E-state index in [4.69, 9.17) is 26.5 Å². The summed E-state index contributed by atoms with van der Waals surface area (Å²) in [6.45, 7) is 0.722. The summed E-state index contributed by atoms with van der Waals surface area (Å²) in [5.74, 6) is 1.19. The van der Waals surface area contributed by atoms with E-state index >= 15 is 0 Å². The first-order chi connectivity index (χ1) is 14.0. The molecule has 3 aromatic rings. The van der Waals surface area contributed by atoms with E-state index in [1.54, 1.807) is 34.7 Å². The molecule has 2 aliphatic rings. The maximum Gasteiger partial charge on any atom is 0.201 e. The van der Waals surface area contributed by atoms with Crippen molar-refractivity contribution in [3.05, 3.63) is 40.2 Å². The van der Waals surface area contributed by atoms with Gasteiger partial charge in [0.1, 0.15) is 11.3 Å². The van der Waals surface area contributed by atoms with Crippen molar-refractivity contribution < 1.29 is 9.47 Å². The van der Waals surface area contributed by atoms with Gasteiger partial charge in [-0.1, -0.05) is 23.7 Å². The Labute approximate surface area is 182 Å². The molecule has 0 aliphatic carbocycles. The van der Waals surface area contributed by atoms with Gasteiger partial charge < -0.3 is 19.8 Å². The Bertz CT molecular complexity index is 1100. The average molecular weight is 449 g/mol. The molecule has 2 aliphatic heterocycles. The van der Waals surface area contributed by atoms with Crippen LogP contribution in [0.15, 0.2) is 30.3 Å². The van der Waals surface area contributed by atoms with E-state index in [9.17, 15) is 0 Å². The molecule has 1 aromatic carbocycles. The Hall–Kier alpha value is -1.87. The predicted molar refractivity (Wildman–Crippen MR) is 120 cm³/mol. The first kappa shape index (κ1) is 19.1. The van der Waals surface area contributed by atoms with E-state index in [1.807, 2.05) is 25.2 Å². The van der Waals surface area contributed by atoms with Gasteiger partial charge in [-0.15, -0.1) is 11.3 Å². The Morgan fingerprint density at radius 3 is 3.07 bits per heavy atom. The highest BCUT2D eigenvalue weighted by molar-refractivity contribution is 7.98. The normalized spacial score (nSPS) is 24.4. The number of halogens is 1. The zero-order valence-electron chi connectivity index (χ0n) is 16.0. The summed E-state index contributed by atoms with van der Waals surface area (Å²) < 4.78 is 13.4. The second kappa shape index (κ2) is 7.12. The molecule has 4 heterocycles. The van der Waals surface area contributed by atoms with Gasteiger partial charge in [-0.05, 0) is 43.0 Å². The lowest BCUT2D eigenvalue weighted by Gasteiger charge is -2.49. The summed E-state index contributed by atoms with van der Waals surface area (Å²) in [6.07, 6.45) is 1.80. The number of aromatic nitrogens is 1. The number of hydrogen-bond acceptors (Lipinski definition) is 5. The van der Waals surface area contributed by atoms with Crippen LogP contribution >= 0.6 is 34.9 Å². The van der Waals surface area contributed by atoms with Gasteiger partial charge >= 0.3 is 0 Å². The van der Waals surface area contributed by atoms with Gasteiger partial charge in [0.05, 0.1) is 33.1 Å². The maximum atomic E-state index is 8.33. The number of thiophene rings is 1. The molecule has 29 heavy (non-hydrogen) atoms. The summed E-state index contributed by atoms with van der Waals surface area (Å²) in [6, 6.07) is 10.1. The van der Waals surface area contributed by atoms with E-state index in [-0.39, 0.29) is 5.44 Å². The fourth-order valence-electron chi connectivity index (χ4n) is 4.04. The molecular formula is C20H21ClN4O2S2. The van der Waals surface area contributed by atoms with E-state index in [0.717, 1.165) is 51.5 Å². The van der Waals surface area contributed by atoms with Crippen molar-refractivity contribution in [1.82, 2.24) is 14.6 Å². The smallest absolute Gasteiger partial charge is 0.201 e. The molecule has 0 bridgehead atoms. The van der Waals surface area contributed by atoms with Crippen LogP contribution in [0.4, 0.5) is 0 Å². The molecule has 6 nitrogen and oxygen atoms in total. The minimum absolute atomic E-state index is 0.123. The minimum Gasteiger partial charge on any atom is -0.495 e. The van der Waals surface area contributed by atoms with Crippen LogP contribution in [-0.2, 0) is 10.3 Å². The number of aromatic amines is 1. The van der Waals surface area contributed by atoms with Gasteiger partial charge in [0.2, 0.25) is 5.96 Å². The first-order valence-electron chi connectivity index (χ1n) is 9.36. The van der Waals surface area contributed by atoms with E-state index in [1.165, 1.54) is 0 Å². The van der Waals surface area contributed by atoms with Crippen LogP contribution in [0.5, 0.6) is 5.75 Å². The summed E-state index contributed by atoms with van der Waals surface area (Å²) in [7, 11) is 3.55. The van der Waals surface area contributed by atoms with E-state index < -0.39 is 5.54 Å². The lowest BCUT2D eigenvalue weighted by molar-refractivity contribution is -0.00140. The summed E-state index contributed by atoms with van der Waals surface area (Å²) in [5.41, 5.74) is 1.36. The molecule has 152 valence electrons. The van der Waals surface area contributed by atoms with Gasteiger partial charge in [-0.25, -0.2) is 0 Å². The standard InChI is InChI=1S/C20H21ClN4O2S2/c1-25-19(22)24-20(7-4-8-27-18(20)29-25)17-12(21)10-15(28-17)13-9-11-5-3-6-14(26-2)16(11)23-13/h3,5-6,9-10,18,23H,4,7-8H2,1-2H3,(H2,22,24)/t18?,20-/m1/s1. The molecule has 1 unspecified atom stereocenters. The van der Waals surface area contributed by atoms with Crippen molar-refractivity contribution in [1.29, 1.82) is 5.41 Å². The number of guanidine groups is 1. The van der Waals surface area contributed by atoms with Gasteiger partial charge in [0, 0.05) is 19.0 Å². The van der Waals surface area contributed by atoms with Crippen LogP contribution in [-0.4, -0.2) is 41.4 Å². The Morgan fingerprint density at radius 1 is 1.38 bits per heavy atom. The third kappa shape index (κ3) is 3.01.